The van der Waals surface area contributed by atoms with Gasteiger partial charge in [-0.2, -0.15) is 0 Å². The monoisotopic (exact) mass is 383 g/mol. The summed E-state index contributed by atoms with van der Waals surface area (Å²) < 4.78 is 18.3. The minimum Gasteiger partial charge on any atom is -0.465 e. The zero-order valence-electron chi connectivity index (χ0n) is 15.1. The number of ether oxygens (including phenoxy) is 1. The number of carbonyl (C=O) groups excluding carboxylic acids is 2. The van der Waals surface area contributed by atoms with Crippen molar-refractivity contribution >= 4 is 23.0 Å². The summed E-state index contributed by atoms with van der Waals surface area (Å²) in [5.41, 5.74) is 1.69. The molecule has 0 aliphatic heterocycles. The van der Waals surface area contributed by atoms with Crippen LogP contribution in [0.2, 0.25) is 0 Å². The maximum absolute atomic E-state index is 13.2. The van der Waals surface area contributed by atoms with E-state index >= 15 is 0 Å². The smallest absolute Gasteiger partial charge is 0.317 e. The number of ketones is 1. The molecule has 7 heteroatoms. The van der Waals surface area contributed by atoms with Crippen molar-refractivity contribution in [3.8, 4) is 0 Å². The maximum Gasteiger partial charge on any atom is 0.317 e. The molecule has 2 aromatic carbocycles. The van der Waals surface area contributed by atoms with E-state index in [2.05, 4.69) is 0 Å². The molecule has 144 valence electrons. The number of esters is 1. The molecule has 0 spiro atoms. The van der Waals surface area contributed by atoms with E-state index in [0.717, 1.165) is 0 Å². The van der Waals surface area contributed by atoms with Crippen LogP contribution in [0.5, 0.6) is 0 Å². The fourth-order valence-corrected chi connectivity index (χ4v) is 3.43. The van der Waals surface area contributed by atoms with Crippen LogP contribution >= 0.6 is 0 Å². The average molecular weight is 383 g/mol. The molecule has 0 fully saturated rings. The van der Waals surface area contributed by atoms with Crippen LogP contribution in [0.4, 0.5) is 10.1 Å². The van der Waals surface area contributed by atoms with Gasteiger partial charge in [0.2, 0.25) is 0 Å². The number of halogens is 1. The van der Waals surface area contributed by atoms with Gasteiger partial charge in [0.1, 0.15) is 11.7 Å². The minimum absolute atomic E-state index is 0.120. The molecule has 2 aromatic rings. The predicted molar refractivity (Wildman–Crippen MR) is 100.0 cm³/mol. The molecule has 0 aromatic heterocycles. The van der Waals surface area contributed by atoms with Crippen molar-refractivity contribution in [2.45, 2.75) is 19.3 Å². The largest absolute Gasteiger partial charge is 0.465 e. The summed E-state index contributed by atoms with van der Waals surface area (Å²) >= 11 is 0. The Kier molecular flexibility index (Phi) is 5.63. The van der Waals surface area contributed by atoms with Crippen LogP contribution in [-0.2, 0) is 14.3 Å². The lowest BCUT2D eigenvalue weighted by Crippen LogP contribution is -2.34. The van der Waals surface area contributed by atoms with Gasteiger partial charge in [0.15, 0.2) is 5.78 Å². The van der Waals surface area contributed by atoms with E-state index in [1.165, 1.54) is 36.4 Å². The molecule has 0 heterocycles. The fourth-order valence-electron chi connectivity index (χ4n) is 3.43. The van der Waals surface area contributed by atoms with Crippen LogP contribution in [-0.4, -0.2) is 23.3 Å². The van der Waals surface area contributed by atoms with Crippen molar-refractivity contribution < 1.29 is 23.6 Å². The summed E-state index contributed by atoms with van der Waals surface area (Å²) in [5, 5.41) is 11.1. The lowest BCUT2D eigenvalue weighted by atomic mass is 9.73. The van der Waals surface area contributed by atoms with Crippen molar-refractivity contribution in [3.63, 3.8) is 0 Å². The van der Waals surface area contributed by atoms with Crippen molar-refractivity contribution in [1.82, 2.24) is 0 Å². The number of hydrogen-bond donors (Lipinski definition) is 0. The summed E-state index contributed by atoms with van der Waals surface area (Å²) in [7, 11) is 0. The van der Waals surface area contributed by atoms with Gasteiger partial charge in [-0.1, -0.05) is 24.3 Å². The van der Waals surface area contributed by atoms with Crippen LogP contribution in [0, 0.1) is 21.8 Å². The SMILES string of the molecule is CCOC(=O)[C@H]1C(=O)C=C(c2ccc(F)cc2)C[C@@H]1c1cccc([N+](=O)[O-])c1. The van der Waals surface area contributed by atoms with Gasteiger partial charge in [-0.25, -0.2) is 4.39 Å². The van der Waals surface area contributed by atoms with Crippen LogP contribution in [0.25, 0.3) is 5.57 Å². The van der Waals surface area contributed by atoms with Gasteiger partial charge in [0.05, 0.1) is 11.5 Å². The highest BCUT2D eigenvalue weighted by Gasteiger charge is 2.40. The van der Waals surface area contributed by atoms with Crippen molar-refractivity contribution in [3.05, 3.63) is 81.7 Å². The number of carbonyl (C=O) groups is 2. The number of nitrogens with zero attached hydrogens (tertiary/aromatic N) is 1. The van der Waals surface area contributed by atoms with E-state index in [1.807, 2.05) is 0 Å². The van der Waals surface area contributed by atoms with E-state index in [4.69, 9.17) is 4.74 Å². The third-order valence-corrected chi connectivity index (χ3v) is 4.73. The highest BCUT2D eigenvalue weighted by molar-refractivity contribution is 6.10. The van der Waals surface area contributed by atoms with E-state index in [1.54, 1.807) is 25.1 Å². The molecule has 0 bridgehead atoms. The Hall–Kier alpha value is -3.35. The molecule has 0 radical (unpaired) electrons. The second kappa shape index (κ2) is 8.12. The van der Waals surface area contributed by atoms with Crippen molar-refractivity contribution in [2.24, 2.45) is 5.92 Å². The Labute approximate surface area is 160 Å². The zero-order valence-corrected chi connectivity index (χ0v) is 15.1. The highest BCUT2D eigenvalue weighted by Crippen LogP contribution is 2.41. The molecule has 0 saturated carbocycles. The first-order valence-corrected chi connectivity index (χ1v) is 8.82. The number of nitro groups is 1. The Morgan fingerprint density at radius 2 is 1.96 bits per heavy atom. The Morgan fingerprint density at radius 3 is 2.61 bits per heavy atom. The van der Waals surface area contributed by atoms with Crippen molar-refractivity contribution in [1.29, 1.82) is 0 Å². The van der Waals surface area contributed by atoms with Gasteiger partial charge in [-0.3, -0.25) is 19.7 Å². The van der Waals surface area contributed by atoms with Crippen LogP contribution in [0.1, 0.15) is 30.4 Å². The maximum atomic E-state index is 13.2. The summed E-state index contributed by atoms with van der Waals surface area (Å²) in [5.74, 6) is -3.17. The second-order valence-corrected chi connectivity index (χ2v) is 6.47. The zero-order chi connectivity index (χ0) is 20.3. The molecular formula is C21H18FNO5. The standard InChI is InChI=1S/C21H18FNO5/c1-2-28-21(25)20-18(14-4-3-5-17(10-14)23(26)27)11-15(12-19(20)24)13-6-8-16(22)9-7-13/h3-10,12,18,20H,2,11H2,1H3/t18-,20-/m1/s1. The summed E-state index contributed by atoms with van der Waals surface area (Å²) in [6.07, 6.45) is 1.67. The topological polar surface area (TPSA) is 86.5 Å². The fraction of sp³-hybridized carbons (Fsp3) is 0.238. The Balaban J connectivity index is 2.05. The first kappa shape index (κ1) is 19.4. The van der Waals surface area contributed by atoms with Gasteiger partial charge in [-0.05, 0) is 48.3 Å². The highest BCUT2D eigenvalue weighted by atomic mass is 19.1. The van der Waals surface area contributed by atoms with E-state index in [0.29, 0.717) is 23.1 Å². The van der Waals surface area contributed by atoms with Gasteiger partial charge in [-0.15, -0.1) is 0 Å². The lowest BCUT2D eigenvalue weighted by molar-refractivity contribution is -0.384. The lowest BCUT2D eigenvalue weighted by Gasteiger charge is -2.29. The number of nitro benzene ring substituents is 1. The number of allylic oxidation sites excluding steroid dienone is 2. The van der Waals surface area contributed by atoms with Crippen LogP contribution in [0.15, 0.2) is 54.6 Å². The van der Waals surface area contributed by atoms with E-state index in [9.17, 15) is 24.1 Å². The number of benzene rings is 2. The molecule has 3 rings (SSSR count). The molecule has 28 heavy (non-hydrogen) atoms. The van der Waals surface area contributed by atoms with E-state index in [-0.39, 0.29) is 12.3 Å². The first-order chi connectivity index (χ1) is 13.4. The number of hydrogen-bond acceptors (Lipinski definition) is 5. The first-order valence-electron chi connectivity index (χ1n) is 8.82. The summed E-state index contributed by atoms with van der Waals surface area (Å²) in [6, 6.07) is 11.6. The van der Waals surface area contributed by atoms with Crippen molar-refractivity contribution in [2.75, 3.05) is 6.61 Å². The number of non-ortho nitro benzene ring substituents is 1. The minimum atomic E-state index is -1.08. The predicted octanol–water partition coefficient (Wildman–Crippen LogP) is 4.05. The van der Waals surface area contributed by atoms with Crippen LogP contribution in [0.3, 0.4) is 0 Å². The average Bonchev–Trinajstić information content (AvgIpc) is 2.68. The normalized spacial score (nSPS) is 19.1. The third kappa shape index (κ3) is 3.98. The number of rotatable bonds is 5. The van der Waals surface area contributed by atoms with Gasteiger partial charge in [0, 0.05) is 18.1 Å². The van der Waals surface area contributed by atoms with Gasteiger partial charge >= 0.3 is 5.97 Å². The molecule has 0 saturated heterocycles. The molecule has 6 nitrogen and oxygen atoms in total. The molecule has 1 aliphatic rings. The second-order valence-electron chi connectivity index (χ2n) is 6.47. The summed E-state index contributed by atoms with van der Waals surface area (Å²) in [4.78, 5) is 35.8. The Morgan fingerprint density at radius 1 is 1.25 bits per heavy atom. The molecule has 2 atom stereocenters. The molecular weight excluding hydrogens is 365 g/mol. The van der Waals surface area contributed by atoms with Gasteiger partial charge in [0.25, 0.3) is 5.69 Å². The molecule has 0 unspecified atom stereocenters. The summed E-state index contributed by atoms with van der Waals surface area (Å²) in [6.45, 7) is 1.77. The Bertz CT molecular complexity index is 952. The van der Waals surface area contributed by atoms with Crippen LogP contribution < -0.4 is 0 Å². The quantitative estimate of drug-likeness (QED) is 0.336. The van der Waals surface area contributed by atoms with Gasteiger partial charge < -0.3 is 4.74 Å². The molecule has 1 aliphatic carbocycles. The van der Waals surface area contributed by atoms with E-state index < -0.39 is 34.3 Å². The molecule has 0 N–H and O–H groups in total. The molecule has 0 amide bonds. The third-order valence-electron chi connectivity index (χ3n) is 4.73.